The first kappa shape index (κ1) is 9.33. The fraction of sp³-hybridized carbons (Fsp3) is 0.222. The number of furan rings is 1. The highest BCUT2D eigenvalue weighted by Crippen LogP contribution is 2.20. The van der Waals surface area contributed by atoms with Gasteiger partial charge >= 0.3 is 0 Å². The van der Waals surface area contributed by atoms with Crippen molar-refractivity contribution in [2.24, 2.45) is 0 Å². The van der Waals surface area contributed by atoms with Crippen LogP contribution in [0.5, 0.6) is 0 Å². The molecular weight excluding hydrogens is 246 g/mol. The number of rotatable bonds is 2. The van der Waals surface area contributed by atoms with E-state index >= 15 is 0 Å². The van der Waals surface area contributed by atoms with E-state index in [0.29, 0.717) is 12.4 Å². The Morgan fingerprint density at radius 1 is 1.64 bits per heavy atom. The molecule has 0 aromatic carbocycles. The highest BCUT2D eigenvalue weighted by atomic mass is 79.9. The summed E-state index contributed by atoms with van der Waals surface area (Å²) in [6.07, 6.45) is 3.37. The molecule has 0 radical (unpaired) electrons. The van der Waals surface area contributed by atoms with Gasteiger partial charge in [-0.05, 0) is 28.9 Å². The molecule has 2 N–H and O–H groups in total. The van der Waals surface area contributed by atoms with Crippen LogP contribution in [0.1, 0.15) is 11.3 Å². The second kappa shape index (κ2) is 3.49. The molecule has 0 aliphatic heterocycles. The third-order valence-electron chi connectivity index (χ3n) is 2.06. The number of nitrogens with zero attached hydrogens (tertiary/aromatic N) is 2. The van der Waals surface area contributed by atoms with Crippen LogP contribution in [0, 0.1) is 6.92 Å². The summed E-state index contributed by atoms with van der Waals surface area (Å²) >= 11 is 3.38. The molecule has 0 spiro atoms. The number of halogens is 1. The fourth-order valence-electron chi connectivity index (χ4n) is 1.19. The highest BCUT2D eigenvalue weighted by molar-refractivity contribution is 9.10. The first-order chi connectivity index (χ1) is 6.68. The molecule has 0 saturated heterocycles. The minimum Gasteiger partial charge on any atom is -0.466 e. The lowest BCUT2D eigenvalue weighted by Gasteiger charge is -2.02. The maximum atomic E-state index is 5.81. The first-order valence-corrected chi connectivity index (χ1v) is 4.97. The quantitative estimate of drug-likeness (QED) is 0.895. The number of anilines is 1. The topological polar surface area (TPSA) is 57.0 Å². The molecule has 0 aliphatic rings. The summed E-state index contributed by atoms with van der Waals surface area (Å²) in [6.45, 7) is 2.48. The average molecular weight is 256 g/mol. The van der Waals surface area contributed by atoms with Crippen molar-refractivity contribution >= 4 is 21.7 Å². The molecule has 74 valence electrons. The molecule has 0 unspecified atom stereocenters. The standard InChI is InChI=1S/C9H10BrN3O/c1-6-4-12-13(9(6)11)5-8-7(10)2-3-14-8/h2-4H,5,11H2,1H3. The SMILES string of the molecule is Cc1cnn(Cc2occc2Br)c1N. The minimum atomic E-state index is 0.549. The summed E-state index contributed by atoms with van der Waals surface area (Å²) in [5, 5.41) is 4.14. The fourth-order valence-corrected chi connectivity index (χ4v) is 1.51. The van der Waals surface area contributed by atoms with Gasteiger partial charge in [-0.15, -0.1) is 0 Å². The Morgan fingerprint density at radius 2 is 2.43 bits per heavy atom. The highest BCUT2D eigenvalue weighted by Gasteiger charge is 2.08. The van der Waals surface area contributed by atoms with Gasteiger partial charge in [0.1, 0.15) is 18.1 Å². The second-order valence-corrected chi connectivity index (χ2v) is 3.92. The van der Waals surface area contributed by atoms with Gasteiger partial charge in [0.05, 0.1) is 16.9 Å². The molecule has 0 fully saturated rings. The van der Waals surface area contributed by atoms with Crippen molar-refractivity contribution in [1.29, 1.82) is 0 Å². The number of nitrogen functional groups attached to an aromatic ring is 1. The average Bonchev–Trinajstić information content (AvgIpc) is 2.68. The van der Waals surface area contributed by atoms with Gasteiger partial charge in [-0.1, -0.05) is 0 Å². The molecular formula is C9H10BrN3O. The molecule has 0 bridgehead atoms. The van der Waals surface area contributed by atoms with Crippen molar-refractivity contribution in [3.8, 4) is 0 Å². The van der Waals surface area contributed by atoms with Gasteiger partial charge in [-0.2, -0.15) is 5.10 Å². The normalized spacial score (nSPS) is 10.7. The summed E-state index contributed by atoms with van der Waals surface area (Å²) in [6, 6.07) is 1.85. The zero-order valence-corrected chi connectivity index (χ0v) is 9.28. The van der Waals surface area contributed by atoms with Crippen LogP contribution in [0.4, 0.5) is 5.82 Å². The Hall–Kier alpha value is -1.23. The van der Waals surface area contributed by atoms with Crippen molar-refractivity contribution in [2.75, 3.05) is 5.73 Å². The largest absolute Gasteiger partial charge is 0.466 e. The monoisotopic (exact) mass is 255 g/mol. The Labute approximate surface area is 89.8 Å². The number of nitrogens with two attached hydrogens (primary N) is 1. The van der Waals surface area contributed by atoms with E-state index in [9.17, 15) is 0 Å². The van der Waals surface area contributed by atoms with Crippen LogP contribution >= 0.6 is 15.9 Å². The predicted molar refractivity (Wildman–Crippen MR) is 56.9 cm³/mol. The van der Waals surface area contributed by atoms with Crippen LogP contribution in [-0.2, 0) is 6.54 Å². The minimum absolute atomic E-state index is 0.549. The van der Waals surface area contributed by atoms with Gasteiger partial charge in [0.15, 0.2) is 0 Å². The van der Waals surface area contributed by atoms with Gasteiger partial charge in [0.25, 0.3) is 0 Å². The summed E-state index contributed by atoms with van der Waals surface area (Å²) < 4.78 is 7.91. The maximum absolute atomic E-state index is 5.81. The van der Waals surface area contributed by atoms with E-state index in [1.807, 2.05) is 13.0 Å². The lowest BCUT2D eigenvalue weighted by atomic mass is 10.4. The third-order valence-corrected chi connectivity index (χ3v) is 2.76. The zero-order chi connectivity index (χ0) is 10.1. The molecule has 0 amide bonds. The molecule has 5 heteroatoms. The lowest BCUT2D eigenvalue weighted by molar-refractivity contribution is 0.480. The molecule has 2 aromatic heterocycles. The van der Waals surface area contributed by atoms with Crippen molar-refractivity contribution in [1.82, 2.24) is 9.78 Å². The summed E-state index contributed by atoms with van der Waals surface area (Å²) in [5.74, 6) is 1.49. The Morgan fingerprint density at radius 3 is 2.93 bits per heavy atom. The van der Waals surface area contributed by atoms with Crippen molar-refractivity contribution in [3.05, 3.63) is 34.3 Å². The Balaban J connectivity index is 2.27. The molecule has 2 rings (SSSR count). The van der Waals surface area contributed by atoms with E-state index in [1.54, 1.807) is 17.1 Å². The van der Waals surface area contributed by atoms with Crippen molar-refractivity contribution < 1.29 is 4.42 Å². The van der Waals surface area contributed by atoms with Crippen LogP contribution in [0.25, 0.3) is 0 Å². The Bertz CT molecular complexity index is 447. The van der Waals surface area contributed by atoms with Crippen LogP contribution in [0.2, 0.25) is 0 Å². The summed E-state index contributed by atoms with van der Waals surface area (Å²) in [5.41, 5.74) is 6.79. The van der Waals surface area contributed by atoms with E-state index in [2.05, 4.69) is 21.0 Å². The van der Waals surface area contributed by atoms with Crippen LogP contribution in [0.15, 0.2) is 27.4 Å². The van der Waals surface area contributed by atoms with E-state index in [-0.39, 0.29) is 0 Å². The molecule has 4 nitrogen and oxygen atoms in total. The Kier molecular flexibility index (Phi) is 2.33. The van der Waals surface area contributed by atoms with Crippen LogP contribution in [0.3, 0.4) is 0 Å². The molecule has 14 heavy (non-hydrogen) atoms. The number of hydrogen-bond donors (Lipinski definition) is 1. The van der Waals surface area contributed by atoms with Crippen molar-refractivity contribution in [3.63, 3.8) is 0 Å². The summed E-state index contributed by atoms with van der Waals surface area (Å²) in [7, 11) is 0. The zero-order valence-electron chi connectivity index (χ0n) is 7.70. The smallest absolute Gasteiger partial charge is 0.139 e. The third kappa shape index (κ3) is 1.55. The van der Waals surface area contributed by atoms with Crippen LogP contribution in [-0.4, -0.2) is 9.78 Å². The van der Waals surface area contributed by atoms with Gasteiger partial charge < -0.3 is 10.2 Å². The molecule has 2 heterocycles. The number of aryl methyl sites for hydroxylation is 1. The number of aromatic nitrogens is 2. The lowest BCUT2D eigenvalue weighted by Crippen LogP contribution is -2.05. The van der Waals surface area contributed by atoms with Gasteiger partial charge in [0, 0.05) is 5.56 Å². The van der Waals surface area contributed by atoms with E-state index in [4.69, 9.17) is 10.2 Å². The molecule has 2 aromatic rings. The van der Waals surface area contributed by atoms with E-state index in [1.165, 1.54) is 0 Å². The maximum Gasteiger partial charge on any atom is 0.139 e. The van der Waals surface area contributed by atoms with Gasteiger partial charge in [-0.3, -0.25) is 0 Å². The second-order valence-electron chi connectivity index (χ2n) is 3.06. The van der Waals surface area contributed by atoms with E-state index in [0.717, 1.165) is 15.8 Å². The first-order valence-electron chi connectivity index (χ1n) is 4.18. The van der Waals surface area contributed by atoms with Gasteiger partial charge in [0.2, 0.25) is 0 Å². The number of hydrogen-bond acceptors (Lipinski definition) is 3. The molecule has 0 aliphatic carbocycles. The van der Waals surface area contributed by atoms with E-state index < -0.39 is 0 Å². The predicted octanol–water partition coefficient (Wildman–Crippen LogP) is 2.18. The van der Waals surface area contributed by atoms with Crippen LogP contribution < -0.4 is 5.73 Å². The summed E-state index contributed by atoms with van der Waals surface area (Å²) in [4.78, 5) is 0. The molecule has 0 atom stereocenters. The molecule has 0 saturated carbocycles. The van der Waals surface area contributed by atoms with Crippen molar-refractivity contribution in [2.45, 2.75) is 13.5 Å². The van der Waals surface area contributed by atoms with Gasteiger partial charge in [-0.25, -0.2) is 4.68 Å².